The number of benzene rings is 1. The lowest BCUT2D eigenvalue weighted by molar-refractivity contribution is -0.0170. The van der Waals surface area contributed by atoms with E-state index in [1.807, 2.05) is 22.9 Å². The standard InChI is InChI=1S/C12H13N3O2/c13-11-3-9(5-15-2-1-14-7-15)12-10(4-11)6-16-8-17-12/h1-4,7H,5-6,8,13H2. The van der Waals surface area contributed by atoms with E-state index in [4.69, 9.17) is 15.2 Å². The number of nitrogens with zero attached hydrogens (tertiary/aromatic N) is 2. The number of fused-ring (bicyclic) bond motifs is 1. The molecule has 0 atom stereocenters. The highest BCUT2D eigenvalue weighted by atomic mass is 16.7. The lowest BCUT2D eigenvalue weighted by Gasteiger charge is -2.21. The summed E-state index contributed by atoms with van der Waals surface area (Å²) >= 11 is 0. The predicted molar refractivity (Wildman–Crippen MR) is 62.5 cm³/mol. The van der Waals surface area contributed by atoms with Gasteiger partial charge in [0.15, 0.2) is 6.79 Å². The summed E-state index contributed by atoms with van der Waals surface area (Å²) in [4.78, 5) is 4.02. The molecule has 0 fully saturated rings. The molecule has 0 amide bonds. The first-order chi connectivity index (χ1) is 8.33. The summed E-state index contributed by atoms with van der Waals surface area (Å²) < 4.78 is 12.8. The van der Waals surface area contributed by atoms with Crippen molar-refractivity contribution in [1.82, 2.24) is 9.55 Å². The van der Waals surface area contributed by atoms with Crippen molar-refractivity contribution < 1.29 is 9.47 Å². The number of hydrogen-bond acceptors (Lipinski definition) is 4. The molecule has 2 heterocycles. The Kier molecular flexibility index (Phi) is 2.45. The molecule has 0 spiro atoms. The smallest absolute Gasteiger partial charge is 0.189 e. The van der Waals surface area contributed by atoms with E-state index in [0.29, 0.717) is 19.9 Å². The van der Waals surface area contributed by atoms with Crippen LogP contribution < -0.4 is 10.5 Å². The number of nitrogen functional groups attached to an aromatic ring is 1. The lowest BCUT2D eigenvalue weighted by atomic mass is 10.1. The van der Waals surface area contributed by atoms with Crippen LogP contribution in [0.5, 0.6) is 5.75 Å². The summed E-state index contributed by atoms with van der Waals surface area (Å²) in [5.74, 6) is 0.888. The molecule has 1 aromatic carbocycles. The maximum Gasteiger partial charge on any atom is 0.189 e. The Labute approximate surface area is 98.8 Å². The molecule has 0 aliphatic carbocycles. The summed E-state index contributed by atoms with van der Waals surface area (Å²) in [6, 6.07) is 3.83. The quantitative estimate of drug-likeness (QED) is 0.793. The van der Waals surface area contributed by atoms with Crippen LogP contribution in [0.3, 0.4) is 0 Å². The molecule has 1 aromatic heterocycles. The Morgan fingerprint density at radius 3 is 3.18 bits per heavy atom. The zero-order valence-corrected chi connectivity index (χ0v) is 9.30. The van der Waals surface area contributed by atoms with E-state index < -0.39 is 0 Å². The molecule has 1 aliphatic heterocycles. The number of imidazole rings is 1. The minimum Gasteiger partial charge on any atom is -0.467 e. The topological polar surface area (TPSA) is 62.3 Å². The Morgan fingerprint density at radius 2 is 2.35 bits per heavy atom. The van der Waals surface area contributed by atoms with E-state index in [-0.39, 0.29) is 0 Å². The number of anilines is 1. The molecular formula is C12H13N3O2. The largest absolute Gasteiger partial charge is 0.467 e. The summed E-state index contributed by atoms with van der Waals surface area (Å²) in [6.07, 6.45) is 5.44. The summed E-state index contributed by atoms with van der Waals surface area (Å²) in [5, 5.41) is 0. The van der Waals surface area contributed by atoms with Crippen LogP contribution in [-0.4, -0.2) is 16.3 Å². The highest BCUT2D eigenvalue weighted by molar-refractivity contribution is 5.53. The number of hydrogen-bond donors (Lipinski definition) is 1. The van der Waals surface area contributed by atoms with E-state index in [1.54, 1.807) is 12.5 Å². The third-order valence-corrected chi connectivity index (χ3v) is 2.72. The van der Waals surface area contributed by atoms with Crippen LogP contribution in [-0.2, 0) is 17.9 Å². The summed E-state index contributed by atoms with van der Waals surface area (Å²) in [6.45, 7) is 1.55. The third-order valence-electron chi connectivity index (χ3n) is 2.72. The molecule has 5 nitrogen and oxygen atoms in total. The monoisotopic (exact) mass is 231 g/mol. The van der Waals surface area contributed by atoms with Crippen LogP contribution in [0.15, 0.2) is 30.9 Å². The maximum absolute atomic E-state index is 5.88. The third kappa shape index (κ3) is 1.97. The van der Waals surface area contributed by atoms with Gasteiger partial charge in [-0.1, -0.05) is 0 Å². The molecule has 3 rings (SSSR count). The molecule has 5 heteroatoms. The minimum absolute atomic E-state index is 0.299. The molecule has 0 unspecified atom stereocenters. The van der Waals surface area contributed by atoms with Crippen LogP contribution in [0.4, 0.5) is 5.69 Å². The number of nitrogens with two attached hydrogens (primary N) is 1. The van der Waals surface area contributed by atoms with Gasteiger partial charge in [0, 0.05) is 29.2 Å². The molecule has 0 bridgehead atoms. The average molecular weight is 231 g/mol. The van der Waals surface area contributed by atoms with Gasteiger partial charge in [-0.2, -0.15) is 0 Å². The van der Waals surface area contributed by atoms with Crippen molar-refractivity contribution >= 4 is 5.69 Å². The van der Waals surface area contributed by atoms with Gasteiger partial charge in [-0.25, -0.2) is 4.98 Å². The van der Waals surface area contributed by atoms with Gasteiger partial charge in [0.2, 0.25) is 0 Å². The average Bonchev–Trinajstić information content (AvgIpc) is 2.81. The highest BCUT2D eigenvalue weighted by Gasteiger charge is 2.16. The first-order valence-electron chi connectivity index (χ1n) is 5.40. The van der Waals surface area contributed by atoms with Crippen LogP contribution in [0, 0.1) is 0 Å². The Hall–Kier alpha value is -2.01. The summed E-state index contributed by atoms with van der Waals surface area (Å²) in [7, 11) is 0. The zero-order chi connectivity index (χ0) is 11.7. The van der Waals surface area contributed by atoms with Crippen LogP contribution in [0.2, 0.25) is 0 Å². The van der Waals surface area contributed by atoms with E-state index in [0.717, 1.165) is 22.6 Å². The van der Waals surface area contributed by atoms with Crippen molar-refractivity contribution in [2.24, 2.45) is 0 Å². The number of aromatic nitrogens is 2. The minimum atomic E-state index is 0.299. The van der Waals surface area contributed by atoms with E-state index in [2.05, 4.69) is 4.98 Å². The van der Waals surface area contributed by atoms with Crippen molar-refractivity contribution in [2.45, 2.75) is 13.2 Å². The van der Waals surface area contributed by atoms with Gasteiger partial charge in [-0.15, -0.1) is 0 Å². The van der Waals surface area contributed by atoms with E-state index >= 15 is 0 Å². The van der Waals surface area contributed by atoms with E-state index in [9.17, 15) is 0 Å². The van der Waals surface area contributed by atoms with Crippen LogP contribution >= 0.6 is 0 Å². The molecule has 17 heavy (non-hydrogen) atoms. The van der Waals surface area contributed by atoms with E-state index in [1.165, 1.54) is 0 Å². The normalized spacial score (nSPS) is 14.1. The lowest BCUT2D eigenvalue weighted by Crippen LogP contribution is -2.14. The van der Waals surface area contributed by atoms with Crippen molar-refractivity contribution in [3.63, 3.8) is 0 Å². The Morgan fingerprint density at radius 1 is 1.41 bits per heavy atom. The van der Waals surface area contributed by atoms with Gasteiger partial charge in [-0.05, 0) is 12.1 Å². The van der Waals surface area contributed by atoms with Crippen molar-refractivity contribution in [3.8, 4) is 5.75 Å². The molecule has 1 aliphatic rings. The maximum atomic E-state index is 5.88. The molecule has 0 saturated carbocycles. The fourth-order valence-corrected chi connectivity index (χ4v) is 2.02. The van der Waals surface area contributed by atoms with Gasteiger partial charge >= 0.3 is 0 Å². The SMILES string of the molecule is Nc1cc2c(c(Cn3ccnc3)c1)OCOC2. The van der Waals surface area contributed by atoms with Crippen molar-refractivity contribution in [3.05, 3.63) is 42.0 Å². The Balaban J connectivity index is 2.00. The molecule has 2 N–H and O–H groups in total. The zero-order valence-electron chi connectivity index (χ0n) is 9.30. The van der Waals surface area contributed by atoms with Gasteiger partial charge in [-0.3, -0.25) is 0 Å². The molecule has 2 aromatic rings. The van der Waals surface area contributed by atoms with Gasteiger partial charge < -0.3 is 19.8 Å². The van der Waals surface area contributed by atoms with Gasteiger partial charge in [0.05, 0.1) is 19.5 Å². The number of ether oxygens (including phenoxy) is 2. The molecule has 0 saturated heterocycles. The fraction of sp³-hybridized carbons (Fsp3) is 0.250. The first-order valence-corrected chi connectivity index (χ1v) is 5.40. The van der Waals surface area contributed by atoms with Crippen molar-refractivity contribution in [2.75, 3.05) is 12.5 Å². The summed E-state index contributed by atoms with van der Waals surface area (Å²) in [5.41, 5.74) is 8.67. The van der Waals surface area contributed by atoms with Crippen molar-refractivity contribution in [1.29, 1.82) is 0 Å². The predicted octanol–water partition coefficient (Wildman–Crippen LogP) is 1.38. The second-order valence-electron chi connectivity index (χ2n) is 4.01. The Bertz CT molecular complexity index is 523. The molecule has 0 radical (unpaired) electrons. The molecular weight excluding hydrogens is 218 g/mol. The second kappa shape index (κ2) is 4.10. The van der Waals surface area contributed by atoms with Gasteiger partial charge in [0.1, 0.15) is 5.75 Å². The number of rotatable bonds is 2. The second-order valence-corrected chi connectivity index (χ2v) is 4.01. The van der Waals surface area contributed by atoms with Crippen LogP contribution in [0.1, 0.15) is 11.1 Å². The van der Waals surface area contributed by atoms with Gasteiger partial charge in [0.25, 0.3) is 0 Å². The molecule has 88 valence electrons. The fourth-order valence-electron chi connectivity index (χ4n) is 2.02. The first kappa shape index (κ1) is 10.2. The highest BCUT2D eigenvalue weighted by Crippen LogP contribution is 2.31. The van der Waals surface area contributed by atoms with Crippen LogP contribution in [0.25, 0.3) is 0 Å².